The second kappa shape index (κ2) is 6.89. The molecule has 5 nitrogen and oxygen atoms in total. The molecule has 2 atom stereocenters. The van der Waals surface area contributed by atoms with Gasteiger partial charge in [-0.05, 0) is 62.7 Å². The SMILES string of the molecule is CCOC(=O)Cc1csc(NC(=O)CC23CC4CC(CC(Br)(C4)C2)C3)n1. The summed E-state index contributed by atoms with van der Waals surface area (Å²) in [7, 11) is 0. The van der Waals surface area contributed by atoms with Crippen LogP contribution in [0.1, 0.15) is 57.6 Å². The molecule has 4 saturated carbocycles. The fourth-order valence-electron chi connectivity index (χ4n) is 5.85. The van der Waals surface area contributed by atoms with Gasteiger partial charge in [0.05, 0.1) is 18.7 Å². The van der Waals surface area contributed by atoms with Crippen molar-refractivity contribution in [3.05, 3.63) is 11.1 Å². The van der Waals surface area contributed by atoms with Gasteiger partial charge in [0.1, 0.15) is 0 Å². The molecule has 1 aromatic rings. The Balaban J connectivity index is 1.36. The van der Waals surface area contributed by atoms with Gasteiger partial charge in [0.25, 0.3) is 0 Å². The number of carbonyl (C=O) groups is 2. The summed E-state index contributed by atoms with van der Waals surface area (Å²) < 4.78 is 5.21. The molecule has 142 valence electrons. The van der Waals surface area contributed by atoms with Crippen molar-refractivity contribution in [3.8, 4) is 0 Å². The van der Waals surface area contributed by atoms with E-state index in [0.29, 0.717) is 23.9 Å². The zero-order chi connectivity index (χ0) is 18.4. The van der Waals surface area contributed by atoms with Crippen LogP contribution < -0.4 is 5.32 Å². The third kappa shape index (κ3) is 3.84. The summed E-state index contributed by atoms with van der Waals surface area (Å²) in [6.07, 6.45) is 8.13. The van der Waals surface area contributed by atoms with E-state index in [-0.39, 0.29) is 28.0 Å². The van der Waals surface area contributed by atoms with Crippen molar-refractivity contribution in [1.29, 1.82) is 0 Å². The van der Waals surface area contributed by atoms with Crippen molar-refractivity contribution in [2.45, 2.75) is 62.6 Å². The molecule has 4 bridgehead atoms. The number of aromatic nitrogens is 1. The van der Waals surface area contributed by atoms with E-state index in [4.69, 9.17) is 4.74 Å². The second-order valence-corrected chi connectivity index (χ2v) is 11.0. The van der Waals surface area contributed by atoms with Crippen LogP contribution in [-0.2, 0) is 20.7 Å². The highest BCUT2D eigenvalue weighted by molar-refractivity contribution is 9.10. The molecule has 1 heterocycles. The number of alkyl halides is 1. The number of carbonyl (C=O) groups excluding carboxylic acids is 2. The topological polar surface area (TPSA) is 68.3 Å². The average molecular weight is 441 g/mol. The lowest BCUT2D eigenvalue weighted by Crippen LogP contribution is -2.53. The number of rotatable bonds is 6. The largest absolute Gasteiger partial charge is 0.466 e. The molecule has 2 unspecified atom stereocenters. The molecule has 4 aliphatic carbocycles. The Morgan fingerprint density at radius 3 is 2.73 bits per heavy atom. The first-order chi connectivity index (χ1) is 12.4. The van der Waals surface area contributed by atoms with E-state index in [1.165, 1.54) is 43.4 Å². The molecule has 0 spiro atoms. The zero-order valence-electron chi connectivity index (χ0n) is 15.1. The lowest BCUT2D eigenvalue weighted by atomic mass is 9.48. The lowest BCUT2D eigenvalue weighted by Gasteiger charge is -2.60. The van der Waals surface area contributed by atoms with Crippen molar-refractivity contribution in [3.63, 3.8) is 0 Å². The van der Waals surface area contributed by atoms with Gasteiger partial charge in [0.15, 0.2) is 5.13 Å². The molecular weight excluding hydrogens is 416 g/mol. The van der Waals surface area contributed by atoms with Crippen molar-refractivity contribution >= 4 is 44.3 Å². The molecule has 0 aliphatic heterocycles. The maximum atomic E-state index is 12.7. The molecule has 1 amide bonds. The molecule has 0 saturated heterocycles. The van der Waals surface area contributed by atoms with Crippen molar-refractivity contribution in [2.24, 2.45) is 17.3 Å². The van der Waals surface area contributed by atoms with E-state index in [2.05, 4.69) is 26.2 Å². The van der Waals surface area contributed by atoms with Crippen LogP contribution in [0.3, 0.4) is 0 Å². The lowest BCUT2D eigenvalue weighted by molar-refractivity contribution is -0.142. The zero-order valence-corrected chi connectivity index (χ0v) is 17.5. The van der Waals surface area contributed by atoms with Crippen molar-refractivity contribution in [2.75, 3.05) is 11.9 Å². The van der Waals surface area contributed by atoms with Gasteiger partial charge >= 0.3 is 5.97 Å². The minimum atomic E-state index is -0.285. The fraction of sp³-hybridized carbons (Fsp3) is 0.737. The number of nitrogens with one attached hydrogen (secondary N) is 1. The van der Waals surface area contributed by atoms with Gasteiger partial charge in [0, 0.05) is 16.1 Å². The second-order valence-electron chi connectivity index (χ2n) is 8.46. The normalized spacial score (nSPS) is 34.7. The Morgan fingerprint density at radius 2 is 2.08 bits per heavy atom. The molecule has 0 aromatic carbocycles. The molecule has 26 heavy (non-hydrogen) atoms. The van der Waals surface area contributed by atoms with E-state index in [9.17, 15) is 9.59 Å². The number of thiazole rings is 1. The molecule has 1 aromatic heterocycles. The molecule has 0 radical (unpaired) electrons. The summed E-state index contributed by atoms with van der Waals surface area (Å²) in [6.45, 7) is 2.15. The molecule has 5 rings (SSSR count). The van der Waals surface area contributed by atoms with Gasteiger partial charge in [-0.3, -0.25) is 9.59 Å². The van der Waals surface area contributed by atoms with E-state index in [1.54, 1.807) is 6.92 Å². The first kappa shape index (κ1) is 18.4. The summed E-state index contributed by atoms with van der Waals surface area (Å²) in [5.74, 6) is 1.32. The van der Waals surface area contributed by atoms with Crippen LogP contribution in [0.4, 0.5) is 5.13 Å². The van der Waals surface area contributed by atoms with Gasteiger partial charge in [-0.1, -0.05) is 15.9 Å². The number of ether oxygens (including phenoxy) is 1. The molecule has 1 N–H and O–H groups in total. The van der Waals surface area contributed by atoms with Crippen molar-refractivity contribution in [1.82, 2.24) is 4.98 Å². The predicted molar refractivity (Wildman–Crippen MR) is 104 cm³/mol. The minimum absolute atomic E-state index is 0.0556. The Bertz CT molecular complexity index is 705. The van der Waals surface area contributed by atoms with Crippen molar-refractivity contribution < 1.29 is 14.3 Å². The molecule has 4 aliphatic rings. The number of amides is 1. The van der Waals surface area contributed by atoms with Gasteiger partial charge in [0.2, 0.25) is 5.91 Å². The van der Waals surface area contributed by atoms with Crippen LogP contribution >= 0.6 is 27.3 Å². The van der Waals surface area contributed by atoms with Crippen LogP contribution in [0.5, 0.6) is 0 Å². The number of halogens is 1. The number of hydrogen-bond donors (Lipinski definition) is 1. The Morgan fingerprint density at radius 1 is 1.35 bits per heavy atom. The van der Waals surface area contributed by atoms with Gasteiger partial charge in [-0.2, -0.15) is 0 Å². The van der Waals surface area contributed by atoms with E-state index < -0.39 is 0 Å². The molecule has 4 fully saturated rings. The minimum Gasteiger partial charge on any atom is -0.466 e. The fourth-order valence-corrected chi connectivity index (χ4v) is 8.09. The van der Waals surface area contributed by atoms with Gasteiger partial charge in [-0.15, -0.1) is 11.3 Å². The highest BCUT2D eigenvalue weighted by Crippen LogP contribution is 2.65. The van der Waals surface area contributed by atoms with Crippen LogP contribution in [0.25, 0.3) is 0 Å². The Hall–Kier alpha value is -0.950. The number of hydrogen-bond acceptors (Lipinski definition) is 5. The standard InChI is InChI=1S/C19H25BrN2O3S/c1-2-25-16(24)4-14-10-26-17(21-14)22-15(23)9-18-5-12-3-13(6-18)8-19(20,7-12)11-18/h10,12-13H,2-9,11H2,1H3,(H,21,22,23). The maximum Gasteiger partial charge on any atom is 0.311 e. The monoisotopic (exact) mass is 440 g/mol. The van der Waals surface area contributed by atoms with E-state index in [1.807, 2.05) is 5.38 Å². The number of esters is 1. The Kier molecular flexibility index (Phi) is 4.88. The van der Waals surface area contributed by atoms with Crippen LogP contribution in [-0.4, -0.2) is 27.8 Å². The highest BCUT2D eigenvalue weighted by atomic mass is 79.9. The number of anilines is 1. The maximum absolute atomic E-state index is 12.7. The van der Waals surface area contributed by atoms with Crippen LogP contribution in [0, 0.1) is 17.3 Å². The average Bonchev–Trinajstić information content (AvgIpc) is 2.90. The third-order valence-electron chi connectivity index (χ3n) is 6.08. The summed E-state index contributed by atoms with van der Waals surface area (Å²) >= 11 is 5.37. The number of nitrogens with zero attached hydrogens (tertiary/aromatic N) is 1. The Labute approximate surface area is 166 Å². The summed E-state index contributed by atoms with van der Waals surface area (Å²) in [4.78, 5) is 28.6. The van der Waals surface area contributed by atoms with Crippen LogP contribution in [0.2, 0.25) is 0 Å². The summed E-state index contributed by atoms with van der Waals surface area (Å²) in [5.41, 5.74) is 0.806. The highest BCUT2D eigenvalue weighted by Gasteiger charge is 2.57. The summed E-state index contributed by atoms with van der Waals surface area (Å²) in [5, 5.41) is 5.34. The predicted octanol–water partition coefficient (Wildman–Crippen LogP) is 4.31. The molecular formula is C19H25BrN2O3S. The van der Waals surface area contributed by atoms with Gasteiger partial charge in [-0.25, -0.2) is 4.98 Å². The quantitative estimate of drug-likeness (QED) is 0.528. The summed E-state index contributed by atoms with van der Waals surface area (Å²) in [6, 6.07) is 0. The van der Waals surface area contributed by atoms with Crippen LogP contribution in [0.15, 0.2) is 5.38 Å². The molecule has 7 heteroatoms. The first-order valence-electron chi connectivity index (χ1n) is 9.46. The van der Waals surface area contributed by atoms with E-state index >= 15 is 0 Å². The first-order valence-corrected chi connectivity index (χ1v) is 11.1. The third-order valence-corrected chi connectivity index (χ3v) is 7.81. The van der Waals surface area contributed by atoms with Gasteiger partial charge < -0.3 is 10.1 Å². The smallest absolute Gasteiger partial charge is 0.311 e. The van der Waals surface area contributed by atoms with E-state index in [0.717, 1.165) is 18.3 Å².